The highest BCUT2D eigenvalue weighted by molar-refractivity contribution is 6.00. The number of methoxy groups -OCH3 is 1. The molecule has 0 saturated heterocycles. The molecular weight excluding hydrogens is 450 g/mol. The van der Waals surface area contributed by atoms with Gasteiger partial charge in [0.15, 0.2) is 6.61 Å². The van der Waals surface area contributed by atoms with Crippen LogP contribution in [0.5, 0.6) is 0 Å². The van der Waals surface area contributed by atoms with E-state index in [0.717, 1.165) is 5.56 Å². The topological polar surface area (TPSA) is 123 Å². The number of urea groups is 1. The summed E-state index contributed by atoms with van der Waals surface area (Å²) in [6.07, 6.45) is 0.236. The zero-order valence-electron chi connectivity index (χ0n) is 19.0. The van der Waals surface area contributed by atoms with Gasteiger partial charge in [-0.2, -0.15) is 0 Å². The van der Waals surface area contributed by atoms with Gasteiger partial charge in [0.25, 0.3) is 5.91 Å². The fourth-order valence-electron chi connectivity index (χ4n) is 3.14. The fourth-order valence-corrected chi connectivity index (χ4v) is 3.14. The van der Waals surface area contributed by atoms with Crippen molar-refractivity contribution in [2.75, 3.05) is 24.4 Å². The molecule has 0 aliphatic heterocycles. The molecule has 0 spiro atoms. The summed E-state index contributed by atoms with van der Waals surface area (Å²) in [5.41, 5.74) is 2.14. The van der Waals surface area contributed by atoms with Crippen LogP contribution in [0.2, 0.25) is 0 Å². The summed E-state index contributed by atoms with van der Waals surface area (Å²) in [7, 11) is 1.23. The van der Waals surface area contributed by atoms with E-state index >= 15 is 0 Å². The second-order valence-electron chi connectivity index (χ2n) is 7.43. The van der Waals surface area contributed by atoms with Crippen LogP contribution in [0.15, 0.2) is 84.9 Å². The first-order valence-electron chi connectivity index (χ1n) is 10.8. The minimum atomic E-state index is -0.916. The highest BCUT2D eigenvalue weighted by Crippen LogP contribution is 2.12. The SMILES string of the molecule is COC(=O)C(Cc1ccccc1)NC(=O)COC(=O)c1ccc(NC(=O)Nc2ccccc2)cc1. The van der Waals surface area contributed by atoms with Crippen LogP contribution in [0.3, 0.4) is 0 Å². The monoisotopic (exact) mass is 475 g/mol. The second-order valence-corrected chi connectivity index (χ2v) is 7.43. The van der Waals surface area contributed by atoms with Gasteiger partial charge in [0.05, 0.1) is 12.7 Å². The number of amides is 3. The molecule has 1 atom stereocenters. The molecule has 9 heteroatoms. The number of carbonyl (C=O) groups is 4. The molecule has 0 bridgehead atoms. The van der Waals surface area contributed by atoms with Gasteiger partial charge < -0.3 is 25.4 Å². The van der Waals surface area contributed by atoms with Crippen LogP contribution in [0.4, 0.5) is 16.2 Å². The summed E-state index contributed by atoms with van der Waals surface area (Å²) in [5.74, 6) is -1.97. The predicted octanol–water partition coefficient (Wildman–Crippen LogP) is 3.39. The minimum absolute atomic E-state index is 0.195. The first kappa shape index (κ1) is 25.0. The molecule has 0 fully saturated rings. The van der Waals surface area contributed by atoms with Crippen LogP contribution in [-0.4, -0.2) is 43.6 Å². The number of para-hydroxylation sites is 1. The lowest BCUT2D eigenvalue weighted by Gasteiger charge is -2.16. The zero-order chi connectivity index (χ0) is 25.0. The Morgan fingerprint density at radius 3 is 1.94 bits per heavy atom. The maximum absolute atomic E-state index is 12.3. The van der Waals surface area contributed by atoms with Gasteiger partial charge in [-0.15, -0.1) is 0 Å². The molecular formula is C26H25N3O6. The number of ether oxygens (including phenoxy) is 2. The Labute approximate surface area is 202 Å². The summed E-state index contributed by atoms with van der Waals surface area (Å²) >= 11 is 0. The van der Waals surface area contributed by atoms with Gasteiger partial charge >= 0.3 is 18.0 Å². The summed E-state index contributed by atoms with van der Waals surface area (Å²) in [5, 5.41) is 7.87. The van der Waals surface area contributed by atoms with Crippen molar-refractivity contribution in [3.05, 3.63) is 96.1 Å². The fraction of sp³-hybridized carbons (Fsp3) is 0.154. The first-order valence-corrected chi connectivity index (χ1v) is 10.8. The van der Waals surface area contributed by atoms with Gasteiger partial charge in [0.1, 0.15) is 6.04 Å². The van der Waals surface area contributed by atoms with Gasteiger partial charge in [-0.3, -0.25) is 4.79 Å². The van der Waals surface area contributed by atoms with E-state index in [-0.39, 0.29) is 12.0 Å². The molecule has 3 aromatic rings. The van der Waals surface area contributed by atoms with E-state index in [9.17, 15) is 19.2 Å². The third-order valence-corrected chi connectivity index (χ3v) is 4.85. The van der Waals surface area contributed by atoms with Crippen molar-refractivity contribution in [1.82, 2.24) is 5.32 Å². The number of anilines is 2. The molecule has 9 nitrogen and oxygen atoms in total. The quantitative estimate of drug-likeness (QED) is 0.408. The molecule has 3 N–H and O–H groups in total. The van der Waals surface area contributed by atoms with E-state index in [1.165, 1.54) is 31.4 Å². The Bertz CT molecular complexity index is 1150. The molecule has 1 unspecified atom stereocenters. The van der Waals surface area contributed by atoms with Crippen LogP contribution in [0.1, 0.15) is 15.9 Å². The highest BCUT2D eigenvalue weighted by Gasteiger charge is 2.22. The van der Waals surface area contributed by atoms with E-state index in [1.807, 2.05) is 36.4 Å². The van der Waals surface area contributed by atoms with Crippen molar-refractivity contribution in [3.8, 4) is 0 Å². The van der Waals surface area contributed by atoms with Crippen molar-refractivity contribution >= 4 is 35.3 Å². The third kappa shape index (κ3) is 8.01. The van der Waals surface area contributed by atoms with Gasteiger partial charge in [-0.25, -0.2) is 14.4 Å². The molecule has 0 aromatic heterocycles. The van der Waals surface area contributed by atoms with Crippen molar-refractivity contribution in [1.29, 1.82) is 0 Å². The van der Waals surface area contributed by atoms with Crippen molar-refractivity contribution in [3.63, 3.8) is 0 Å². The molecule has 3 aromatic carbocycles. The Kier molecular flexibility index (Phi) is 8.95. The van der Waals surface area contributed by atoms with Crippen molar-refractivity contribution in [2.24, 2.45) is 0 Å². The average molecular weight is 476 g/mol. The molecule has 0 aliphatic rings. The molecule has 3 rings (SSSR count). The predicted molar refractivity (Wildman–Crippen MR) is 130 cm³/mol. The Morgan fingerprint density at radius 2 is 1.34 bits per heavy atom. The first-order chi connectivity index (χ1) is 16.9. The van der Waals surface area contributed by atoms with Crippen LogP contribution in [-0.2, 0) is 25.5 Å². The summed E-state index contributed by atoms with van der Waals surface area (Å²) in [4.78, 5) is 48.7. The number of carbonyl (C=O) groups excluding carboxylic acids is 4. The van der Waals surface area contributed by atoms with E-state index in [0.29, 0.717) is 11.4 Å². The van der Waals surface area contributed by atoms with Crippen LogP contribution in [0.25, 0.3) is 0 Å². The summed E-state index contributed by atoms with van der Waals surface area (Å²) in [6, 6.07) is 22.7. The Morgan fingerprint density at radius 1 is 0.771 bits per heavy atom. The molecule has 0 aliphatic carbocycles. The van der Waals surface area contributed by atoms with Crippen LogP contribution >= 0.6 is 0 Å². The van der Waals surface area contributed by atoms with Crippen molar-refractivity contribution < 1.29 is 28.7 Å². The molecule has 0 radical (unpaired) electrons. The average Bonchev–Trinajstić information content (AvgIpc) is 2.88. The molecule has 35 heavy (non-hydrogen) atoms. The van der Waals surface area contributed by atoms with E-state index in [2.05, 4.69) is 16.0 Å². The van der Waals surface area contributed by atoms with Crippen molar-refractivity contribution in [2.45, 2.75) is 12.5 Å². The minimum Gasteiger partial charge on any atom is -0.467 e. The smallest absolute Gasteiger partial charge is 0.338 e. The van der Waals surface area contributed by atoms with Crippen LogP contribution in [0, 0.1) is 0 Å². The largest absolute Gasteiger partial charge is 0.467 e. The molecule has 0 saturated carbocycles. The maximum atomic E-state index is 12.3. The van der Waals surface area contributed by atoms with Gasteiger partial charge in [-0.05, 0) is 42.0 Å². The maximum Gasteiger partial charge on any atom is 0.338 e. The third-order valence-electron chi connectivity index (χ3n) is 4.85. The lowest BCUT2D eigenvalue weighted by molar-refractivity contribution is -0.145. The van der Waals surface area contributed by atoms with Gasteiger partial charge in [0, 0.05) is 17.8 Å². The lowest BCUT2D eigenvalue weighted by Crippen LogP contribution is -2.44. The number of nitrogens with one attached hydrogen (secondary N) is 3. The summed E-state index contributed by atoms with van der Waals surface area (Å²) < 4.78 is 9.81. The number of benzene rings is 3. The standard InChI is InChI=1S/C26H25N3O6/c1-34-25(32)22(16-18-8-4-2-5-9-18)29-23(30)17-35-24(31)19-12-14-21(15-13-19)28-26(33)27-20-10-6-3-7-11-20/h2-15,22H,16-17H2,1H3,(H,29,30)(H2,27,28,33). The summed E-state index contributed by atoms with van der Waals surface area (Å²) in [6.45, 7) is -0.569. The Hall–Kier alpha value is -4.66. The lowest BCUT2D eigenvalue weighted by atomic mass is 10.1. The van der Waals surface area contributed by atoms with Crippen LogP contribution < -0.4 is 16.0 Å². The van der Waals surface area contributed by atoms with Gasteiger partial charge in [-0.1, -0.05) is 48.5 Å². The number of esters is 2. The molecule has 180 valence electrons. The second kappa shape index (κ2) is 12.5. The zero-order valence-corrected chi connectivity index (χ0v) is 19.0. The number of hydrogen-bond acceptors (Lipinski definition) is 6. The highest BCUT2D eigenvalue weighted by atomic mass is 16.5. The number of hydrogen-bond donors (Lipinski definition) is 3. The van der Waals surface area contributed by atoms with Gasteiger partial charge in [0.2, 0.25) is 0 Å². The van der Waals surface area contributed by atoms with E-state index in [4.69, 9.17) is 9.47 Å². The number of rotatable bonds is 9. The van der Waals surface area contributed by atoms with E-state index < -0.39 is 36.5 Å². The normalized spacial score (nSPS) is 11.0. The Balaban J connectivity index is 1.48. The molecule has 0 heterocycles. The van der Waals surface area contributed by atoms with E-state index in [1.54, 1.807) is 24.3 Å². The molecule has 3 amide bonds.